The summed E-state index contributed by atoms with van der Waals surface area (Å²) in [7, 11) is 0. The molecule has 1 saturated heterocycles. The van der Waals surface area contributed by atoms with E-state index in [1.165, 1.54) is 24.3 Å². The van der Waals surface area contributed by atoms with Gasteiger partial charge in [0.25, 0.3) is 0 Å². The van der Waals surface area contributed by atoms with Crippen molar-refractivity contribution in [3.8, 4) is 0 Å². The number of nitrogens with zero attached hydrogens (tertiary/aromatic N) is 1. The minimum Gasteiger partial charge on any atom is -0.478 e. The fourth-order valence-electron chi connectivity index (χ4n) is 2.45. The first kappa shape index (κ1) is 12.5. The van der Waals surface area contributed by atoms with Gasteiger partial charge in [-0.2, -0.15) is 11.8 Å². The van der Waals surface area contributed by atoms with Gasteiger partial charge in [-0.05, 0) is 42.4 Å². The van der Waals surface area contributed by atoms with Crippen LogP contribution >= 0.6 is 11.8 Å². The molecule has 0 amide bonds. The molecule has 0 saturated carbocycles. The van der Waals surface area contributed by atoms with Gasteiger partial charge in [-0.1, -0.05) is 6.07 Å². The number of aromatic carboxylic acids is 1. The van der Waals surface area contributed by atoms with Gasteiger partial charge in [-0.25, -0.2) is 9.78 Å². The monoisotopic (exact) mass is 277 g/mol. The minimum absolute atomic E-state index is 0.215. The lowest BCUT2D eigenvalue weighted by Crippen LogP contribution is -2.12. The summed E-state index contributed by atoms with van der Waals surface area (Å²) < 4.78 is 5.68. The van der Waals surface area contributed by atoms with Crippen molar-refractivity contribution in [2.75, 3.05) is 11.5 Å². The van der Waals surface area contributed by atoms with Gasteiger partial charge in [0.05, 0.1) is 5.56 Å². The second kappa shape index (κ2) is 5.25. The Kier molecular flexibility index (Phi) is 3.46. The van der Waals surface area contributed by atoms with Crippen LogP contribution in [0.4, 0.5) is 0 Å². The highest BCUT2D eigenvalue weighted by Crippen LogP contribution is 2.27. The van der Waals surface area contributed by atoms with Crippen LogP contribution in [0.2, 0.25) is 0 Å². The van der Waals surface area contributed by atoms with Crippen LogP contribution in [0.15, 0.2) is 22.6 Å². The number of fused-ring (bicyclic) bond motifs is 1. The Morgan fingerprint density at radius 3 is 2.95 bits per heavy atom. The van der Waals surface area contributed by atoms with Gasteiger partial charge in [0.1, 0.15) is 5.52 Å². The molecule has 1 aliphatic rings. The zero-order valence-corrected chi connectivity index (χ0v) is 11.3. The number of carbonyl (C=O) groups is 1. The van der Waals surface area contributed by atoms with E-state index in [0.717, 1.165) is 6.42 Å². The first-order valence-electron chi connectivity index (χ1n) is 6.43. The Labute approximate surface area is 115 Å². The summed E-state index contributed by atoms with van der Waals surface area (Å²) in [5.41, 5.74) is 1.25. The van der Waals surface area contributed by atoms with Gasteiger partial charge < -0.3 is 9.52 Å². The SMILES string of the molecule is O=C(O)c1cccc2oc(CC3CCSCC3)nc12. The normalized spacial score (nSPS) is 16.8. The first-order valence-corrected chi connectivity index (χ1v) is 7.59. The predicted octanol–water partition coefficient (Wildman–Crippen LogP) is 3.21. The van der Waals surface area contributed by atoms with E-state index < -0.39 is 5.97 Å². The zero-order valence-electron chi connectivity index (χ0n) is 10.5. The van der Waals surface area contributed by atoms with Gasteiger partial charge in [0, 0.05) is 6.42 Å². The third-order valence-corrected chi connectivity index (χ3v) is 4.55. The number of oxazole rings is 1. The van der Waals surface area contributed by atoms with Gasteiger partial charge in [-0.15, -0.1) is 0 Å². The molecule has 19 heavy (non-hydrogen) atoms. The lowest BCUT2D eigenvalue weighted by Gasteiger charge is -2.19. The Morgan fingerprint density at radius 2 is 2.21 bits per heavy atom. The van der Waals surface area contributed by atoms with E-state index in [1.54, 1.807) is 18.2 Å². The fourth-order valence-corrected chi connectivity index (χ4v) is 3.66. The molecule has 1 aromatic heterocycles. The van der Waals surface area contributed by atoms with E-state index in [-0.39, 0.29) is 5.56 Å². The van der Waals surface area contributed by atoms with Crippen molar-refractivity contribution in [3.63, 3.8) is 0 Å². The molecule has 3 rings (SSSR count). The van der Waals surface area contributed by atoms with Gasteiger partial charge >= 0.3 is 5.97 Å². The van der Waals surface area contributed by atoms with Crippen LogP contribution in [0.1, 0.15) is 29.1 Å². The molecule has 1 fully saturated rings. The summed E-state index contributed by atoms with van der Waals surface area (Å²) in [4.78, 5) is 15.5. The molecular formula is C14H15NO3S. The van der Waals surface area contributed by atoms with E-state index in [4.69, 9.17) is 9.52 Å². The Balaban J connectivity index is 1.88. The van der Waals surface area contributed by atoms with Crippen molar-refractivity contribution in [2.45, 2.75) is 19.3 Å². The molecular weight excluding hydrogens is 262 g/mol. The van der Waals surface area contributed by atoms with E-state index >= 15 is 0 Å². The van der Waals surface area contributed by atoms with Crippen molar-refractivity contribution >= 4 is 28.8 Å². The average Bonchev–Trinajstić information content (AvgIpc) is 2.81. The fraction of sp³-hybridized carbons (Fsp3) is 0.429. The van der Waals surface area contributed by atoms with E-state index in [2.05, 4.69) is 4.98 Å². The number of carboxylic acid groups (broad SMARTS) is 1. The predicted molar refractivity (Wildman–Crippen MR) is 74.7 cm³/mol. The number of hydrogen-bond donors (Lipinski definition) is 1. The number of thioether (sulfide) groups is 1. The Bertz CT molecular complexity index is 602. The second-order valence-corrected chi connectivity index (χ2v) is 6.05. The van der Waals surface area contributed by atoms with Crippen molar-refractivity contribution in [2.24, 2.45) is 5.92 Å². The topological polar surface area (TPSA) is 63.3 Å². The number of aromatic nitrogens is 1. The lowest BCUT2D eigenvalue weighted by molar-refractivity contribution is 0.0699. The molecule has 0 bridgehead atoms. The summed E-state index contributed by atoms with van der Waals surface area (Å²) in [6.45, 7) is 0. The third kappa shape index (κ3) is 2.61. The summed E-state index contributed by atoms with van der Waals surface area (Å²) in [6, 6.07) is 5.03. The number of benzene rings is 1. The molecule has 1 N–H and O–H groups in total. The Morgan fingerprint density at radius 1 is 1.42 bits per heavy atom. The number of hydrogen-bond acceptors (Lipinski definition) is 4. The number of carboxylic acids is 1. The van der Waals surface area contributed by atoms with Crippen LogP contribution in [0, 0.1) is 5.92 Å². The van der Waals surface area contributed by atoms with Crippen LogP contribution in [0.5, 0.6) is 0 Å². The molecule has 1 aliphatic heterocycles. The molecule has 0 aliphatic carbocycles. The maximum Gasteiger partial charge on any atom is 0.338 e. The summed E-state index contributed by atoms with van der Waals surface area (Å²) in [5, 5.41) is 9.13. The van der Waals surface area contributed by atoms with E-state index in [9.17, 15) is 4.79 Å². The summed E-state index contributed by atoms with van der Waals surface area (Å²) in [6.07, 6.45) is 3.19. The van der Waals surface area contributed by atoms with Crippen LogP contribution < -0.4 is 0 Å². The molecule has 5 heteroatoms. The number of rotatable bonds is 3. The van der Waals surface area contributed by atoms with Gasteiger partial charge in [0.2, 0.25) is 0 Å². The zero-order chi connectivity index (χ0) is 13.2. The summed E-state index contributed by atoms with van der Waals surface area (Å²) in [5.74, 6) is 2.72. The summed E-state index contributed by atoms with van der Waals surface area (Å²) >= 11 is 1.99. The molecule has 0 radical (unpaired) electrons. The third-order valence-electron chi connectivity index (χ3n) is 3.50. The van der Waals surface area contributed by atoms with Crippen LogP contribution in [-0.4, -0.2) is 27.6 Å². The highest BCUT2D eigenvalue weighted by atomic mass is 32.2. The minimum atomic E-state index is -0.959. The quantitative estimate of drug-likeness (QED) is 0.933. The van der Waals surface area contributed by atoms with Crippen molar-refractivity contribution in [1.29, 1.82) is 0 Å². The highest BCUT2D eigenvalue weighted by molar-refractivity contribution is 7.99. The van der Waals surface area contributed by atoms with Crippen molar-refractivity contribution in [1.82, 2.24) is 4.98 Å². The molecule has 100 valence electrons. The maximum atomic E-state index is 11.1. The smallest absolute Gasteiger partial charge is 0.338 e. The lowest BCUT2D eigenvalue weighted by atomic mass is 9.99. The van der Waals surface area contributed by atoms with Crippen molar-refractivity contribution in [3.05, 3.63) is 29.7 Å². The van der Waals surface area contributed by atoms with Gasteiger partial charge in [-0.3, -0.25) is 0 Å². The van der Waals surface area contributed by atoms with Gasteiger partial charge in [0.15, 0.2) is 11.5 Å². The van der Waals surface area contributed by atoms with E-state index in [0.29, 0.717) is 22.9 Å². The molecule has 0 spiro atoms. The molecule has 4 nitrogen and oxygen atoms in total. The molecule has 2 aromatic rings. The molecule has 2 heterocycles. The van der Waals surface area contributed by atoms with Crippen molar-refractivity contribution < 1.29 is 14.3 Å². The Hall–Kier alpha value is -1.49. The molecule has 1 aromatic carbocycles. The van der Waals surface area contributed by atoms with Crippen LogP contribution in [-0.2, 0) is 6.42 Å². The number of para-hydroxylation sites is 1. The highest BCUT2D eigenvalue weighted by Gasteiger charge is 2.19. The van der Waals surface area contributed by atoms with Crippen LogP contribution in [0.25, 0.3) is 11.1 Å². The van der Waals surface area contributed by atoms with E-state index in [1.807, 2.05) is 11.8 Å². The second-order valence-electron chi connectivity index (χ2n) is 4.82. The molecule has 0 atom stereocenters. The average molecular weight is 277 g/mol. The molecule has 0 unspecified atom stereocenters. The largest absolute Gasteiger partial charge is 0.478 e. The standard InChI is InChI=1S/C14H15NO3S/c16-14(17)10-2-1-3-11-13(10)15-12(18-11)8-9-4-6-19-7-5-9/h1-3,9H,4-8H2,(H,16,17). The van der Waals surface area contributed by atoms with Crippen LogP contribution in [0.3, 0.4) is 0 Å². The first-order chi connectivity index (χ1) is 9.24. The maximum absolute atomic E-state index is 11.1.